The lowest BCUT2D eigenvalue weighted by molar-refractivity contribution is -0.471. The van der Waals surface area contributed by atoms with E-state index in [9.17, 15) is 0 Å². The molecule has 1 aromatic rings. The summed E-state index contributed by atoms with van der Waals surface area (Å²) in [6.45, 7) is 0. The van der Waals surface area contributed by atoms with Crippen molar-refractivity contribution in [3.8, 4) is 0 Å². The van der Waals surface area contributed by atoms with Crippen LogP contribution >= 0.6 is 0 Å². The van der Waals surface area contributed by atoms with E-state index >= 15 is 0 Å². The summed E-state index contributed by atoms with van der Waals surface area (Å²) in [7, 11) is 0. The maximum absolute atomic E-state index is 5.19. The molecule has 0 aliphatic carbocycles. The first-order valence-electron chi connectivity index (χ1n) is 3.24. The highest BCUT2D eigenvalue weighted by molar-refractivity contribution is 5.93. The van der Waals surface area contributed by atoms with Crippen molar-refractivity contribution in [2.24, 2.45) is 11.7 Å². The first-order chi connectivity index (χ1) is 5.38. The van der Waals surface area contributed by atoms with Crippen molar-refractivity contribution >= 4 is 5.84 Å². The van der Waals surface area contributed by atoms with Gasteiger partial charge in [-0.15, -0.1) is 0 Å². The van der Waals surface area contributed by atoms with Crippen LogP contribution in [0.1, 0.15) is 5.56 Å². The Balaban J connectivity index is 2.92. The monoisotopic (exact) mass is 151 g/mol. The number of hydrogen-bond donors (Lipinski definition) is 4. The van der Waals surface area contributed by atoms with Crippen molar-refractivity contribution in [3.05, 3.63) is 35.9 Å². The Kier molecular flexibility index (Phi) is 2.46. The van der Waals surface area contributed by atoms with Gasteiger partial charge in [-0.1, -0.05) is 18.2 Å². The minimum atomic E-state index is 0.602. The van der Waals surface area contributed by atoms with Crippen LogP contribution in [-0.2, 0) is 0 Å². The Morgan fingerprint density at radius 3 is 2.36 bits per heavy atom. The van der Waals surface area contributed by atoms with E-state index in [0.29, 0.717) is 5.84 Å². The standard InChI is InChI=1S/C7H10N4/c8-10-7(11-9)6-4-2-1-3-5-6/h1-5H,8-9H2,(H,10,11)/p+1. The molecule has 0 radical (unpaired) electrons. The van der Waals surface area contributed by atoms with E-state index in [2.05, 4.69) is 10.5 Å². The quantitative estimate of drug-likeness (QED) is 0.160. The van der Waals surface area contributed by atoms with Crippen LogP contribution in [0.5, 0.6) is 0 Å². The van der Waals surface area contributed by atoms with E-state index in [-0.39, 0.29) is 0 Å². The summed E-state index contributed by atoms with van der Waals surface area (Å²) in [6, 6.07) is 9.53. The van der Waals surface area contributed by atoms with Crippen LogP contribution in [0.3, 0.4) is 0 Å². The fourth-order valence-corrected chi connectivity index (χ4v) is 0.813. The van der Waals surface area contributed by atoms with E-state index in [1.165, 1.54) is 0 Å². The predicted molar refractivity (Wildman–Crippen MR) is 43.0 cm³/mol. The molecule has 6 N–H and O–H groups in total. The van der Waals surface area contributed by atoms with E-state index in [4.69, 9.17) is 11.7 Å². The van der Waals surface area contributed by atoms with Crippen LogP contribution in [0.15, 0.2) is 30.3 Å². The largest absolute Gasteiger partial charge is 0.315 e. The molecule has 0 aliphatic rings. The molecule has 0 spiro atoms. The summed E-state index contributed by atoms with van der Waals surface area (Å²) in [6.07, 6.45) is 0. The molecule has 0 atom stereocenters. The molecule has 0 fully saturated rings. The predicted octanol–water partition coefficient (Wildman–Crippen LogP) is -2.15. The van der Waals surface area contributed by atoms with Gasteiger partial charge in [0.15, 0.2) is 0 Å². The SMILES string of the molecule is NNC(=[NH+]N)c1ccccc1. The normalized spacial score (nSPS) is 11.2. The highest BCUT2D eigenvalue weighted by atomic mass is 15.3. The fraction of sp³-hybridized carbons (Fsp3) is 0. The highest BCUT2D eigenvalue weighted by Crippen LogP contribution is 1.94. The van der Waals surface area contributed by atoms with Gasteiger partial charge in [-0.25, -0.2) is 0 Å². The minimum Gasteiger partial charge on any atom is -0.276 e. The number of hydrazone groups is 1. The Bertz CT molecular complexity index is 242. The van der Waals surface area contributed by atoms with Crippen molar-refractivity contribution in [1.82, 2.24) is 5.43 Å². The smallest absolute Gasteiger partial charge is 0.276 e. The van der Waals surface area contributed by atoms with Crippen molar-refractivity contribution in [2.45, 2.75) is 0 Å². The van der Waals surface area contributed by atoms with Gasteiger partial charge < -0.3 is 0 Å². The van der Waals surface area contributed by atoms with Gasteiger partial charge in [-0.05, 0) is 12.1 Å². The Morgan fingerprint density at radius 1 is 1.27 bits per heavy atom. The lowest BCUT2D eigenvalue weighted by atomic mass is 10.2. The molecule has 0 heterocycles. The molecule has 0 amide bonds. The number of rotatable bonds is 1. The first-order valence-corrected chi connectivity index (χ1v) is 3.24. The van der Waals surface area contributed by atoms with Crippen LogP contribution in [0.4, 0.5) is 0 Å². The molecular formula is C7H11N4+. The zero-order valence-electron chi connectivity index (χ0n) is 6.04. The molecule has 1 aromatic carbocycles. The molecule has 11 heavy (non-hydrogen) atoms. The highest BCUT2D eigenvalue weighted by Gasteiger charge is 2.04. The Labute approximate surface area is 64.9 Å². The Morgan fingerprint density at radius 2 is 1.91 bits per heavy atom. The van der Waals surface area contributed by atoms with Crippen LogP contribution < -0.4 is 22.2 Å². The third-order valence-corrected chi connectivity index (χ3v) is 1.35. The second kappa shape index (κ2) is 3.58. The van der Waals surface area contributed by atoms with E-state index in [0.717, 1.165) is 5.56 Å². The average molecular weight is 151 g/mol. The third kappa shape index (κ3) is 1.68. The molecule has 0 saturated carbocycles. The van der Waals surface area contributed by atoms with E-state index in [1.54, 1.807) is 0 Å². The maximum Gasteiger partial charge on any atom is 0.315 e. The number of hydrazine groups is 2. The molecule has 0 bridgehead atoms. The summed E-state index contributed by atoms with van der Waals surface area (Å²) < 4.78 is 0. The molecule has 4 nitrogen and oxygen atoms in total. The Hall–Kier alpha value is -1.55. The van der Waals surface area contributed by atoms with E-state index < -0.39 is 0 Å². The lowest BCUT2D eigenvalue weighted by Crippen LogP contribution is -2.83. The molecule has 0 saturated heterocycles. The second-order valence-electron chi connectivity index (χ2n) is 2.03. The minimum absolute atomic E-state index is 0.602. The second-order valence-corrected chi connectivity index (χ2v) is 2.03. The van der Waals surface area contributed by atoms with Crippen LogP contribution in [0.2, 0.25) is 0 Å². The molecule has 0 aliphatic heterocycles. The zero-order chi connectivity index (χ0) is 8.10. The number of hydrogen-bond acceptors (Lipinski definition) is 2. The summed E-state index contributed by atoms with van der Waals surface area (Å²) in [4.78, 5) is 0. The molecular weight excluding hydrogens is 140 g/mol. The van der Waals surface area contributed by atoms with Gasteiger partial charge in [0, 0.05) is 0 Å². The molecule has 58 valence electrons. The van der Waals surface area contributed by atoms with Crippen LogP contribution in [0.25, 0.3) is 0 Å². The average Bonchev–Trinajstić information content (AvgIpc) is 2.09. The van der Waals surface area contributed by atoms with Gasteiger partial charge in [0.25, 0.3) is 0 Å². The summed E-state index contributed by atoms with van der Waals surface area (Å²) in [5, 5.41) is 2.45. The van der Waals surface area contributed by atoms with Crippen LogP contribution in [0, 0.1) is 0 Å². The van der Waals surface area contributed by atoms with Gasteiger partial charge in [-0.2, -0.15) is 16.4 Å². The topological polar surface area (TPSA) is 78.0 Å². The van der Waals surface area contributed by atoms with Crippen LogP contribution in [-0.4, -0.2) is 5.84 Å². The maximum atomic E-state index is 5.19. The number of amidine groups is 1. The van der Waals surface area contributed by atoms with Gasteiger partial charge in [0.1, 0.15) is 0 Å². The lowest BCUT2D eigenvalue weighted by Gasteiger charge is -1.94. The number of nitrogens with two attached hydrogens (primary N) is 2. The zero-order valence-corrected chi connectivity index (χ0v) is 6.04. The number of nitrogens with one attached hydrogen (secondary N) is 2. The number of benzene rings is 1. The summed E-state index contributed by atoms with van der Waals surface area (Å²) in [5.74, 6) is 11.0. The van der Waals surface area contributed by atoms with Gasteiger partial charge in [-0.3, -0.25) is 5.84 Å². The van der Waals surface area contributed by atoms with Crippen molar-refractivity contribution in [3.63, 3.8) is 0 Å². The van der Waals surface area contributed by atoms with E-state index in [1.807, 2.05) is 30.3 Å². The summed E-state index contributed by atoms with van der Waals surface area (Å²) >= 11 is 0. The fourth-order valence-electron chi connectivity index (χ4n) is 0.813. The molecule has 0 aromatic heterocycles. The van der Waals surface area contributed by atoms with Crippen molar-refractivity contribution in [1.29, 1.82) is 0 Å². The molecule has 1 rings (SSSR count). The van der Waals surface area contributed by atoms with Crippen molar-refractivity contribution < 1.29 is 5.10 Å². The van der Waals surface area contributed by atoms with Gasteiger partial charge >= 0.3 is 5.84 Å². The first kappa shape index (κ1) is 7.56. The molecule has 4 heteroatoms. The van der Waals surface area contributed by atoms with Crippen molar-refractivity contribution in [2.75, 3.05) is 0 Å². The van der Waals surface area contributed by atoms with Gasteiger partial charge in [0.05, 0.1) is 5.56 Å². The summed E-state index contributed by atoms with van der Waals surface area (Å²) in [5.41, 5.74) is 3.38. The molecule has 0 unspecified atom stereocenters. The third-order valence-electron chi connectivity index (χ3n) is 1.35. The van der Waals surface area contributed by atoms with Gasteiger partial charge in [0.2, 0.25) is 0 Å².